The molecule has 1 aliphatic rings. The summed E-state index contributed by atoms with van der Waals surface area (Å²) in [5.41, 5.74) is 2.98. The summed E-state index contributed by atoms with van der Waals surface area (Å²) in [6.07, 6.45) is 5.05. The van der Waals surface area contributed by atoms with Gasteiger partial charge in [-0.15, -0.1) is 0 Å². The molecule has 1 aromatic rings. The first kappa shape index (κ1) is 14.4. The van der Waals surface area contributed by atoms with Crippen LogP contribution in [0.4, 0.5) is 5.69 Å². The van der Waals surface area contributed by atoms with E-state index in [1.165, 1.54) is 56.6 Å². The smallest absolute Gasteiger partial charge is 0.0399 e. The van der Waals surface area contributed by atoms with E-state index in [1.807, 2.05) is 0 Å². The maximum atomic E-state index is 3.61. The molecule has 0 fully saturated rings. The standard InChI is InChI=1S/C17H28N2/c1-3-15(4-2)14-18-11-7-12-19-13-10-16-8-5-6-9-17(16)19/h5-6,8-9,15,18H,3-4,7,10-14H2,1-2H3. The normalized spacial score (nSPS) is 14.2. The molecule has 0 bridgehead atoms. The molecule has 0 aliphatic carbocycles. The Labute approximate surface area is 118 Å². The minimum Gasteiger partial charge on any atom is -0.371 e. The first-order chi connectivity index (χ1) is 9.35. The molecule has 1 N–H and O–H groups in total. The number of para-hydroxylation sites is 1. The van der Waals surface area contributed by atoms with Gasteiger partial charge in [0, 0.05) is 18.8 Å². The lowest BCUT2D eigenvalue weighted by molar-refractivity contribution is 0.448. The molecular weight excluding hydrogens is 232 g/mol. The molecule has 0 saturated carbocycles. The molecule has 0 atom stereocenters. The fourth-order valence-corrected chi connectivity index (χ4v) is 2.92. The van der Waals surface area contributed by atoms with Crippen LogP contribution in [0.2, 0.25) is 0 Å². The van der Waals surface area contributed by atoms with E-state index in [2.05, 4.69) is 48.3 Å². The van der Waals surface area contributed by atoms with Crippen LogP contribution >= 0.6 is 0 Å². The quantitative estimate of drug-likeness (QED) is 0.720. The second kappa shape index (κ2) is 7.54. The van der Waals surface area contributed by atoms with Gasteiger partial charge < -0.3 is 10.2 Å². The zero-order chi connectivity index (χ0) is 13.5. The van der Waals surface area contributed by atoms with Crippen LogP contribution in [0.3, 0.4) is 0 Å². The number of rotatable bonds is 8. The zero-order valence-corrected chi connectivity index (χ0v) is 12.5. The molecule has 1 heterocycles. The second-order valence-corrected chi connectivity index (χ2v) is 5.61. The molecule has 2 rings (SSSR count). The third kappa shape index (κ3) is 3.97. The van der Waals surface area contributed by atoms with Crippen LogP contribution in [-0.4, -0.2) is 26.2 Å². The van der Waals surface area contributed by atoms with Crippen molar-refractivity contribution in [3.8, 4) is 0 Å². The number of nitrogens with one attached hydrogen (secondary N) is 1. The molecule has 1 aliphatic heterocycles. The average Bonchev–Trinajstić information content (AvgIpc) is 2.86. The van der Waals surface area contributed by atoms with Crippen LogP contribution in [0.1, 0.15) is 38.7 Å². The van der Waals surface area contributed by atoms with Gasteiger partial charge in [-0.25, -0.2) is 0 Å². The van der Waals surface area contributed by atoms with Crippen molar-refractivity contribution in [2.45, 2.75) is 39.5 Å². The van der Waals surface area contributed by atoms with E-state index in [0.29, 0.717) is 0 Å². The van der Waals surface area contributed by atoms with E-state index in [0.717, 1.165) is 12.5 Å². The summed E-state index contributed by atoms with van der Waals surface area (Å²) in [5, 5.41) is 3.61. The van der Waals surface area contributed by atoms with Crippen molar-refractivity contribution < 1.29 is 0 Å². The van der Waals surface area contributed by atoms with Crippen LogP contribution in [0, 0.1) is 5.92 Å². The number of hydrogen-bond acceptors (Lipinski definition) is 2. The Bertz CT molecular complexity index is 371. The Morgan fingerprint density at radius 1 is 1.21 bits per heavy atom. The van der Waals surface area contributed by atoms with E-state index in [9.17, 15) is 0 Å². The maximum Gasteiger partial charge on any atom is 0.0399 e. The fraction of sp³-hybridized carbons (Fsp3) is 0.647. The molecule has 0 radical (unpaired) electrons. The first-order valence-electron chi connectivity index (χ1n) is 7.88. The van der Waals surface area contributed by atoms with Crippen molar-refractivity contribution in [1.29, 1.82) is 0 Å². The Kier molecular flexibility index (Phi) is 5.71. The summed E-state index contributed by atoms with van der Waals surface area (Å²) >= 11 is 0. The van der Waals surface area contributed by atoms with E-state index >= 15 is 0 Å². The van der Waals surface area contributed by atoms with Gasteiger partial charge in [0.2, 0.25) is 0 Å². The highest BCUT2D eigenvalue weighted by Gasteiger charge is 2.17. The molecule has 0 amide bonds. The van der Waals surface area contributed by atoms with Gasteiger partial charge in [-0.3, -0.25) is 0 Å². The van der Waals surface area contributed by atoms with Crippen molar-refractivity contribution in [1.82, 2.24) is 5.32 Å². The molecule has 0 aromatic heterocycles. The molecule has 1 aromatic carbocycles. The molecule has 2 heteroatoms. The van der Waals surface area contributed by atoms with Gasteiger partial charge in [0.15, 0.2) is 0 Å². The van der Waals surface area contributed by atoms with Gasteiger partial charge >= 0.3 is 0 Å². The lowest BCUT2D eigenvalue weighted by Gasteiger charge is -2.20. The molecular formula is C17H28N2. The fourth-order valence-electron chi connectivity index (χ4n) is 2.92. The van der Waals surface area contributed by atoms with Crippen molar-refractivity contribution in [3.63, 3.8) is 0 Å². The summed E-state index contributed by atoms with van der Waals surface area (Å²) in [5.74, 6) is 0.854. The van der Waals surface area contributed by atoms with Crippen LogP contribution in [0.25, 0.3) is 0 Å². The Morgan fingerprint density at radius 3 is 2.79 bits per heavy atom. The molecule has 0 spiro atoms. The predicted octanol–water partition coefficient (Wildman–Crippen LogP) is 3.47. The summed E-state index contributed by atoms with van der Waals surface area (Å²) in [6.45, 7) is 9.30. The highest BCUT2D eigenvalue weighted by atomic mass is 15.1. The summed E-state index contributed by atoms with van der Waals surface area (Å²) in [7, 11) is 0. The lowest BCUT2D eigenvalue weighted by atomic mass is 10.0. The van der Waals surface area contributed by atoms with Crippen LogP contribution in [0.15, 0.2) is 24.3 Å². The monoisotopic (exact) mass is 260 g/mol. The van der Waals surface area contributed by atoms with Gasteiger partial charge in [0.25, 0.3) is 0 Å². The predicted molar refractivity (Wildman–Crippen MR) is 83.9 cm³/mol. The zero-order valence-electron chi connectivity index (χ0n) is 12.5. The van der Waals surface area contributed by atoms with Gasteiger partial charge in [-0.2, -0.15) is 0 Å². The summed E-state index contributed by atoms with van der Waals surface area (Å²) in [6, 6.07) is 8.84. The summed E-state index contributed by atoms with van der Waals surface area (Å²) in [4.78, 5) is 2.54. The number of fused-ring (bicyclic) bond motifs is 1. The Balaban J connectivity index is 1.65. The van der Waals surface area contributed by atoms with Gasteiger partial charge in [0.1, 0.15) is 0 Å². The Hall–Kier alpha value is -1.02. The third-order valence-corrected chi connectivity index (χ3v) is 4.35. The highest BCUT2D eigenvalue weighted by molar-refractivity contribution is 5.57. The second-order valence-electron chi connectivity index (χ2n) is 5.61. The van der Waals surface area contributed by atoms with E-state index in [4.69, 9.17) is 0 Å². The van der Waals surface area contributed by atoms with Crippen molar-refractivity contribution in [3.05, 3.63) is 29.8 Å². The van der Waals surface area contributed by atoms with E-state index in [1.54, 1.807) is 0 Å². The van der Waals surface area contributed by atoms with Crippen molar-refractivity contribution in [2.24, 2.45) is 5.92 Å². The number of benzene rings is 1. The maximum absolute atomic E-state index is 3.61. The average molecular weight is 260 g/mol. The third-order valence-electron chi connectivity index (χ3n) is 4.35. The minimum atomic E-state index is 0.854. The molecule has 106 valence electrons. The van der Waals surface area contributed by atoms with Crippen LogP contribution in [0.5, 0.6) is 0 Å². The largest absolute Gasteiger partial charge is 0.371 e. The minimum absolute atomic E-state index is 0.854. The first-order valence-corrected chi connectivity index (χ1v) is 7.88. The summed E-state index contributed by atoms with van der Waals surface area (Å²) < 4.78 is 0. The van der Waals surface area contributed by atoms with Crippen LogP contribution < -0.4 is 10.2 Å². The SMILES string of the molecule is CCC(CC)CNCCCN1CCc2ccccc21. The highest BCUT2D eigenvalue weighted by Crippen LogP contribution is 2.27. The van der Waals surface area contributed by atoms with E-state index in [-0.39, 0.29) is 0 Å². The molecule has 0 saturated heterocycles. The van der Waals surface area contributed by atoms with Gasteiger partial charge in [0.05, 0.1) is 0 Å². The molecule has 0 unspecified atom stereocenters. The number of nitrogens with zero attached hydrogens (tertiary/aromatic N) is 1. The topological polar surface area (TPSA) is 15.3 Å². The van der Waals surface area contributed by atoms with Crippen molar-refractivity contribution >= 4 is 5.69 Å². The van der Waals surface area contributed by atoms with Gasteiger partial charge in [-0.05, 0) is 43.5 Å². The van der Waals surface area contributed by atoms with Gasteiger partial charge in [-0.1, -0.05) is 44.9 Å². The molecule has 19 heavy (non-hydrogen) atoms. The lowest BCUT2D eigenvalue weighted by Crippen LogP contribution is -2.28. The number of hydrogen-bond donors (Lipinski definition) is 1. The van der Waals surface area contributed by atoms with Crippen molar-refractivity contribution in [2.75, 3.05) is 31.1 Å². The number of anilines is 1. The van der Waals surface area contributed by atoms with E-state index < -0.39 is 0 Å². The Morgan fingerprint density at radius 2 is 2.00 bits per heavy atom. The van der Waals surface area contributed by atoms with Crippen LogP contribution in [-0.2, 0) is 6.42 Å². The molecule has 2 nitrogen and oxygen atoms in total.